The zero-order valence-electron chi connectivity index (χ0n) is 16.2. The number of oxime groups is 1. The van der Waals surface area contributed by atoms with E-state index >= 15 is 0 Å². The molecule has 166 valence electrons. The van der Waals surface area contributed by atoms with Crippen molar-refractivity contribution >= 4 is 34.8 Å². The highest BCUT2D eigenvalue weighted by atomic mass is 35.5. The lowest BCUT2D eigenvalue weighted by molar-refractivity contribution is -0.154. The summed E-state index contributed by atoms with van der Waals surface area (Å²) in [5.74, 6) is -0.719. The largest absolute Gasteiger partial charge is 0.467 e. The smallest absolute Gasteiger partial charge is 0.422 e. The van der Waals surface area contributed by atoms with Gasteiger partial charge in [-0.3, -0.25) is 4.79 Å². The molecule has 3 rings (SSSR count). The Hall–Kier alpha value is -2.59. The minimum Gasteiger partial charge on any atom is -0.467 e. The van der Waals surface area contributed by atoms with E-state index in [4.69, 9.17) is 32.8 Å². The number of ether oxygens (including phenoxy) is 1. The van der Waals surface area contributed by atoms with Gasteiger partial charge in [-0.1, -0.05) is 34.4 Å². The standard InChI is InChI=1S/C19H17Cl2F3N4O3/c1-30-28-16(10-2-3-10)8-25-17(29)15-7-12(11-4-5-13(20)14(21)6-11)18(27-26-15)31-9-19(22,23)24/h4-7,10H,2-3,8-9H2,1H3,(H,25,29)/b28-16-. The predicted octanol–water partition coefficient (Wildman–Crippen LogP) is 4.53. The Morgan fingerprint density at radius 3 is 2.58 bits per heavy atom. The Bertz CT molecular complexity index is 998. The number of hydrogen-bond acceptors (Lipinski definition) is 6. The zero-order valence-corrected chi connectivity index (χ0v) is 17.7. The fourth-order valence-corrected chi connectivity index (χ4v) is 2.96. The number of carbonyl (C=O) groups is 1. The average molecular weight is 477 g/mol. The number of benzene rings is 1. The van der Waals surface area contributed by atoms with Gasteiger partial charge in [-0.05, 0) is 36.6 Å². The summed E-state index contributed by atoms with van der Waals surface area (Å²) in [6, 6.07) is 5.69. The number of hydrogen-bond donors (Lipinski definition) is 1. The van der Waals surface area contributed by atoms with Gasteiger partial charge >= 0.3 is 6.18 Å². The molecule has 12 heteroatoms. The summed E-state index contributed by atoms with van der Waals surface area (Å²) in [7, 11) is 1.42. The highest BCUT2D eigenvalue weighted by Crippen LogP contribution is 2.34. The van der Waals surface area contributed by atoms with Crippen molar-refractivity contribution in [3.05, 3.63) is 40.0 Å². The van der Waals surface area contributed by atoms with Crippen LogP contribution < -0.4 is 10.1 Å². The van der Waals surface area contributed by atoms with Gasteiger partial charge in [0.2, 0.25) is 5.88 Å². The van der Waals surface area contributed by atoms with Gasteiger partial charge in [-0.25, -0.2) is 0 Å². The monoisotopic (exact) mass is 476 g/mol. The number of amides is 1. The van der Waals surface area contributed by atoms with Crippen molar-refractivity contribution in [3.63, 3.8) is 0 Å². The molecule has 0 aliphatic heterocycles. The van der Waals surface area contributed by atoms with Crippen molar-refractivity contribution in [3.8, 4) is 17.0 Å². The lowest BCUT2D eigenvalue weighted by Gasteiger charge is -2.13. The molecule has 1 heterocycles. The molecule has 1 aliphatic rings. The Labute approximate surface area is 185 Å². The van der Waals surface area contributed by atoms with Crippen LogP contribution in [0.5, 0.6) is 5.88 Å². The fourth-order valence-electron chi connectivity index (χ4n) is 2.67. The molecule has 2 aromatic rings. The van der Waals surface area contributed by atoms with Gasteiger partial charge in [-0.2, -0.15) is 13.2 Å². The molecule has 1 aromatic heterocycles. The van der Waals surface area contributed by atoms with E-state index in [0.717, 1.165) is 12.8 Å². The maximum Gasteiger partial charge on any atom is 0.422 e. The van der Waals surface area contributed by atoms with Gasteiger partial charge in [-0.15, -0.1) is 10.2 Å². The van der Waals surface area contributed by atoms with Crippen LogP contribution in [0.3, 0.4) is 0 Å². The van der Waals surface area contributed by atoms with Gasteiger partial charge in [0.15, 0.2) is 12.3 Å². The van der Waals surface area contributed by atoms with E-state index in [1.165, 1.54) is 31.4 Å². The topological polar surface area (TPSA) is 85.7 Å². The van der Waals surface area contributed by atoms with Crippen molar-refractivity contribution in [2.45, 2.75) is 19.0 Å². The number of alkyl halides is 3. The molecule has 0 spiro atoms. The van der Waals surface area contributed by atoms with Crippen molar-refractivity contribution in [2.75, 3.05) is 20.3 Å². The quantitative estimate of drug-likeness (QED) is 0.446. The van der Waals surface area contributed by atoms with Crippen LogP contribution in [0, 0.1) is 5.92 Å². The van der Waals surface area contributed by atoms with Crippen molar-refractivity contribution in [1.29, 1.82) is 0 Å². The molecule has 1 saturated carbocycles. The van der Waals surface area contributed by atoms with Gasteiger partial charge < -0.3 is 14.9 Å². The number of aromatic nitrogens is 2. The molecule has 1 amide bonds. The zero-order chi connectivity index (χ0) is 22.6. The van der Waals surface area contributed by atoms with Gasteiger partial charge in [0.25, 0.3) is 5.91 Å². The molecule has 7 nitrogen and oxygen atoms in total. The van der Waals surface area contributed by atoms with Crippen molar-refractivity contribution in [1.82, 2.24) is 15.5 Å². The first-order valence-electron chi connectivity index (χ1n) is 9.08. The van der Waals surface area contributed by atoms with E-state index in [1.807, 2.05) is 0 Å². The predicted molar refractivity (Wildman–Crippen MR) is 109 cm³/mol. The van der Waals surface area contributed by atoms with Crippen LogP contribution >= 0.6 is 23.2 Å². The second-order valence-electron chi connectivity index (χ2n) is 6.70. The maximum atomic E-state index is 12.6. The summed E-state index contributed by atoms with van der Waals surface area (Å²) in [5, 5.41) is 14.4. The lowest BCUT2D eigenvalue weighted by Crippen LogP contribution is -2.31. The molecule has 0 radical (unpaired) electrons. The molecule has 0 atom stereocenters. The van der Waals surface area contributed by atoms with E-state index in [0.29, 0.717) is 11.3 Å². The Balaban J connectivity index is 1.86. The molecule has 1 aliphatic carbocycles. The van der Waals surface area contributed by atoms with Crippen LogP contribution in [0.15, 0.2) is 29.4 Å². The maximum absolute atomic E-state index is 12.6. The van der Waals surface area contributed by atoms with Gasteiger partial charge in [0.05, 0.1) is 22.3 Å². The van der Waals surface area contributed by atoms with Crippen LogP contribution in [0.1, 0.15) is 23.3 Å². The van der Waals surface area contributed by atoms with Gasteiger partial charge in [0, 0.05) is 11.5 Å². The molecule has 31 heavy (non-hydrogen) atoms. The molecule has 1 aromatic carbocycles. The van der Waals surface area contributed by atoms with Crippen molar-refractivity contribution in [2.24, 2.45) is 11.1 Å². The van der Waals surface area contributed by atoms with Crippen molar-refractivity contribution < 1.29 is 27.5 Å². The average Bonchev–Trinajstić information content (AvgIpc) is 3.56. The number of halogens is 5. The fraction of sp³-hybridized carbons (Fsp3) is 0.368. The number of nitrogens with one attached hydrogen (secondary N) is 1. The summed E-state index contributed by atoms with van der Waals surface area (Å²) >= 11 is 11.9. The molecule has 0 saturated heterocycles. The third-order valence-electron chi connectivity index (χ3n) is 4.28. The molecular formula is C19H17Cl2F3N4O3. The minimum atomic E-state index is -4.58. The first-order chi connectivity index (χ1) is 14.7. The van der Waals surface area contributed by atoms with Crippen LogP contribution in [0.2, 0.25) is 10.0 Å². The number of nitrogens with zero attached hydrogens (tertiary/aromatic N) is 3. The summed E-state index contributed by atoms with van der Waals surface area (Å²) in [4.78, 5) is 17.3. The van der Waals surface area contributed by atoms with Crippen LogP contribution in [-0.2, 0) is 4.84 Å². The van der Waals surface area contributed by atoms with E-state index in [1.54, 1.807) is 0 Å². The second-order valence-corrected chi connectivity index (χ2v) is 7.52. The Morgan fingerprint density at radius 2 is 1.97 bits per heavy atom. The summed E-state index contributed by atoms with van der Waals surface area (Å²) in [6.45, 7) is -1.42. The number of rotatable bonds is 8. The molecule has 0 bridgehead atoms. The summed E-state index contributed by atoms with van der Waals surface area (Å²) in [6.07, 6.45) is -2.65. The Morgan fingerprint density at radius 1 is 1.23 bits per heavy atom. The molecular weight excluding hydrogens is 460 g/mol. The van der Waals surface area contributed by atoms with E-state index in [2.05, 4.69) is 20.7 Å². The third kappa shape index (κ3) is 6.44. The molecule has 1 N–H and O–H groups in total. The van der Waals surface area contributed by atoms with Crippen LogP contribution in [-0.4, -0.2) is 48.3 Å². The first kappa shape index (κ1) is 23.1. The highest BCUT2D eigenvalue weighted by molar-refractivity contribution is 6.42. The van der Waals surface area contributed by atoms with E-state index in [9.17, 15) is 18.0 Å². The SMILES string of the molecule is CO/N=C(/CNC(=O)c1cc(-c2ccc(Cl)c(Cl)c2)c(OCC(F)(F)F)nn1)C1CC1. The third-order valence-corrected chi connectivity index (χ3v) is 5.02. The highest BCUT2D eigenvalue weighted by Gasteiger charge is 2.30. The van der Waals surface area contributed by atoms with E-state index < -0.39 is 24.6 Å². The number of carbonyl (C=O) groups excluding carboxylic acids is 1. The Kier molecular flexibility index (Phi) is 7.22. The minimum absolute atomic E-state index is 0.107. The lowest BCUT2D eigenvalue weighted by atomic mass is 10.1. The molecule has 0 unspecified atom stereocenters. The molecule has 1 fully saturated rings. The van der Waals surface area contributed by atoms with Gasteiger partial charge in [0.1, 0.15) is 7.11 Å². The van der Waals surface area contributed by atoms with Crippen LogP contribution in [0.25, 0.3) is 11.1 Å². The summed E-state index contributed by atoms with van der Waals surface area (Å²) < 4.78 is 42.6. The second kappa shape index (κ2) is 9.69. The van der Waals surface area contributed by atoms with E-state index in [-0.39, 0.29) is 33.8 Å². The normalized spacial score (nSPS) is 14.3. The van der Waals surface area contributed by atoms with Crippen LogP contribution in [0.4, 0.5) is 13.2 Å². The summed E-state index contributed by atoms with van der Waals surface area (Å²) in [5.41, 5.74) is 1.04. The first-order valence-corrected chi connectivity index (χ1v) is 9.84.